The molecule has 0 amide bonds. The molecule has 3 aromatic rings. The Morgan fingerprint density at radius 1 is 1.17 bits per heavy atom. The van der Waals surface area contributed by atoms with Crippen molar-refractivity contribution < 1.29 is 8.91 Å². The molecule has 6 heteroatoms. The fourth-order valence-electron chi connectivity index (χ4n) is 3.94. The van der Waals surface area contributed by atoms with Crippen LogP contribution in [-0.4, -0.2) is 29.1 Å². The Morgan fingerprint density at radius 2 is 1.93 bits per heavy atom. The van der Waals surface area contributed by atoms with E-state index in [-0.39, 0.29) is 11.7 Å². The number of hydrogen-bond acceptors (Lipinski definition) is 3. The van der Waals surface area contributed by atoms with Crippen molar-refractivity contribution in [2.45, 2.75) is 38.6 Å². The summed E-state index contributed by atoms with van der Waals surface area (Å²) in [6, 6.07) is 14.9. The number of piperidine rings is 1. The third-order valence-corrected chi connectivity index (χ3v) is 5.75. The normalized spacial score (nSPS) is 15.9. The molecule has 2 N–H and O–H groups in total. The molecule has 2 heterocycles. The minimum atomic E-state index is -0.247. The van der Waals surface area contributed by atoms with Crippen molar-refractivity contribution in [3.63, 3.8) is 0 Å². The minimum absolute atomic E-state index is 0.121. The summed E-state index contributed by atoms with van der Waals surface area (Å²) >= 11 is 0. The molecule has 1 unspecified atom stereocenters. The highest BCUT2D eigenvalue weighted by Gasteiger charge is 2.19. The SMILES string of the molecule is CC(c1ccc(-c2ccccc2)c(F)c1)c1nocc1CN=C(N)N1CCCCC1. The third kappa shape index (κ3) is 4.37. The summed E-state index contributed by atoms with van der Waals surface area (Å²) in [6.07, 6.45) is 5.15. The maximum Gasteiger partial charge on any atom is 0.191 e. The lowest BCUT2D eigenvalue weighted by Crippen LogP contribution is -2.40. The van der Waals surface area contributed by atoms with E-state index in [1.165, 1.54) is 6.42 Å². The second-order valence-electron chi connectivity index (χ2n) is 7.77. The van der Waals surface area contributed by atoms with Crippen LogP contribution >= 0.6 is 0 Å². The van der Waals surface area contributed by atoms with Gasteiger partial charge in [0.15, 0.2) is 5.96 Å². The van der Waals surface area contributed by atoms with E-state index >= 15 is 0 Å². The fourth-order valence-corrected chi connectivity index (χ4v) is 3.94. The second kappa shape index (κ2) is 9.11. The van der Waals surface area contributed by atoms with Crippen LogP contribution in [0.5, 0.6) is 0 Å². The maximum atomic E-state index is 14.8. The molecule has 4 rings (SSSR count). The molecule has 1 aliphatic rings. The third-order valence-electron chi connectivity index (χ3n) is 5.75. The Morgan fingerprint density at radius 3 is 2.67 bits per heavy atom. The molecule has 1 fully saturated rings. The Kier molecular flexibility index (Phi) is 6.12. The van der Waals surface area contributed by atoms with Crippen LogP contribution in [-0.2, 0) is 6.54 Å². The summed E-state index contributed by atoms with van der Waals surface area (Å²) in [6.45, 7) is 4.30. The maximum absolute atomic E-state index is 14.8. The molecule has 5 nitrogen and oxygen atoms in total. The number of guanidine groups is 1. The van der Waals surface area contributed by atoms with Crippen LogP contribution in [0.25, 0.3) is 11.1 Å². The summed E-state index contributed by atoms with van der Waals surface area (Å²) in [5.74, 6) is 0.195. The summed E-state index contributed by atoms with van der Waals surface area (Å²) in [4.78, 5) is 6.67. The highest BCUT2D eigenvalue weighted by Crippen LogP contribution is 2.30. The van der Waals surface area contributed by atoms with Crippen LogP contribution in [0.15, 0.2) is 64.3 Å². The van der Waals surface area contributed by atoms with Crippen LogP contribution in [0.4, 0.5) is 4.39 Å². The number of likely N-dealkylation sites (tertiary alicyclic amines) is 1. The van der Waals surface area contributed by atoms with Gasteiger partial charge in [0.1, 0.15) is 12.1 Å². The zero-order valence-corrected chi connectivity index (χ0v) is 17.2. The van der Waals surface area contributed by atoms with E-state index in [1.807, 2.05) is 49.4 Å². The Labute approximate surface area is 176 Å². The molecule has 0 saturated carbocycles. The predicted molar refractivity (Wildman–Crippen MR) is 117 cm³/mol. The zero-order valence-electron chi connectivity index (χ0n) is 17.2. The van der Waals surface area contributed by atoms with E-state index in [2.05, 4.69) is 15.0 Å². The summed E-state index contributed by atoms with van der Waals surface area (Å²) < 4.78 is 20.0. The molecule has 1 aromatic heterocycles. The van der Waals surface area contributed by atoms with Crippen molar-refractivity contribution in [1.82, 2.24) is 10.1 Å². The van der Waals surface area contributed by atoms with Gasteiger partial charge in [-0.1, -0.05) is 54.5 Å². The summed E-state index contributed by atoms with van der Waals surface area (Å²) in [5.41, 5.74) is 10.1. The van der Waals surface area contributed by atoms with Gasteiger partial charge in [0.05, 0.1) is 12.2 Å². The van der Waals surface area contributed by atoms with Gasteiger partial charge in [-0.15, -0.1) is 0 Å². The second-order valence-corrected chi connectivity index (χ2v) is 7.77. The van der Waals surface area contributed by atoms with E-state index in [0.717, 1.165) is 48.3 Å². The molecule has 0 bridgehead atoms. The number of aliphatic imine (C=N–C) groups is 1. The topological polar surface area (TPSA) is 67.6 Å². The van der Waals surface area contributed by atoms with Gasteiger partial charge in [0, 0.05) is 30.1 Å². The lowest BCUT2D eigenvalue weighted by Gasteiger charge is -2.27. The van der Waals surface area contributed by atoms with Crippen molar-refractivity contribution >= 4 is 5.96 Å². The monoisotopic (exact) mass is 406 g/mol. The molecule has 1 atom stereocenters. The molecular weight excluding hydrogens is 379 g/mol. The molecule has 1 aliphatic heterocycles. The van der Waals surface area contributed by atoms with E-state index < -0.39 is 0 Å². The van der Waals surface area contributed by atoms with Gasteiger partial charge < -0.3 is 15.2 Å². The number of benzene rings is 2. The standard InChI is InChI=1S/C24H27FN4O/c1-17(19-10-11-21(22(25)14-19)18-8-4-2-5-9-18)23-20(16-30-28-23)15-27-24(26)29-12-6-3-7-13-29/h2,4-5,8-11,14,16-17H,3,6-7,12-13,15H2,1H3,(H2,26,27). The average molecular weight is 407 g/mol. The lowest BCUT2D eigenvalue weighted by atomic mass is 9.93. The highest BCUT2D eigenvalue weighted by atomic mass is 19.1. The van der Waals surface area contributed by atoms with Crippen molar-refractivity contribution in [2.24, 2.45) is 10.7 Å². The predicted octanol–water partition coefficient (Wildman–Crippen LogP) is 4.93. The first-order chi connectivity index (χ1) is 14.6. The van der Waals surface area contributed by atoms with E-state index in [9.17, 15) is 4.39 Å². The summed E-state index contributed by atoms with van der Waals surface area (Å²) in [5, 5.41) is 4.17. The van der Waals surface area contributed by atoms with Gasteiger partial charge in [0.2, 0.25) is 0 Å². The van der Waals surface area contributed by atoms with Gasteiger partial charge in [0.25, 0.3) is 0 Å². The Balaban J connectivity index is 1.51. The Bertz CT molecular complexity index is 1010. The first-order valence-corrected chi connectivity index (χ1v) is 10.5. The molecule has 0 spiro atoms. The van der Waals surface area contributed by atoms with Gasteiger partial charge in [-0.25, -0.2) is 9.38 Å². The first-order valence-electron chi connectivity index (χ1n) is 10.5. The fraction of sp³-hybridized carbons (Fsp3) is 0.333. The molecule has 0 radical (unpaired) electrons. The number of halogens is 1. The molecule has 30 heavy (non-hydrogen) atoms. The number of aromatic nitrogens is 1. The molecule has 1 saturated heterocycles. The first kappa shape index (κ1) is 20.1. The molecule has 156 valence electrons. The molecular formula is C24H27FN4O. The zero-order chi connectivity index (χ0) is 20.9. The number of nitrogens with zero attached hydrogens (tertiary/aromatic N) is 3. The number of nitrogens with two attached hydrogens (primary N) is 1. The number of rotatable bonds is 5. The minimum Gasteiger partial charge on any atom is -0.370 e. The van der Waals surface area contributed by atoms with Gasteiger partial charge >= 0.3 is 0 Å². The average Bonchev–Trinajstić information content (AvgIpc) is 3.26. The van der Waals surface area contributed by atoms with Crippen molar-refractivity contribution in [1.29, 1.82) is 0 Å². The lowest BCUT2D eigenvalue weighted by molar-refractivity contribution is 0.338. The smallest absolute Gasteiger partial charge is 0.191 e. The van der Waals surface area contributed by atoms with E-state index in [1.54, 1.807) is 12.3 Å². The van der Waals surface area contributed by atoms with Crippen molar-refractivity contribution in [3.8, 4) is 11.1 Å². The summed E-state index contributed by atoms with van der Waals surface area (Å²) in [7, 11) is 0. The van der Waals surface area contributed by atoms with Gasteiger partial charge in [-0.3, -0.25) is 0 Å². The van der Waals surface area contributed by atoms with Crippen LogP contribution in [0.2, 0.25) is 0 Å². The Hall–Kier alpha value is -3.15. The highest BCUT2D eigenvalue weighted by molar-refractivity contribution is 5.78. The van der Waals surface area contributed by atoms with Crippen LogP contribution < -0.4 is 5.73 Å². The van der Waals surface area contributed by atoms with Crippen molar-refractivity contribution in [3.05, 3.63) is 77.4 Å². The number of hydrogen-bond donors (Lipinski definition) is 1. The quantitative estimate of drug-likeness (QED) is 0.482. The van der Waals surface area contributed by atoms with Gasteiger partial charge in [-0.2, -0.15) is 0 Å². The van der Waals surface area contributed by atoms with Crippen LogP contribution in [0, 0.1) is 5.82 Å². The van der Waals surface area contributed by atoms with Gasteiger partial charge in [-0.05, 0) is 36.5 Å². The molecule has 2 aromatic carbocycles. The van der Waals surface area contributed by atoms with Crippen LogP contribution in [0.3, 0.4) is 0 Å². The molecule has 0 aliphatic carbocycles. The largest absolute Gasteiger partial charge is 0.370 e. The van der Waals surface area contributed by atoms with Crippen molar-refractivity contribution in [2.75, 3.05) is 13.1 Å². The van der Waals surface area contributed by atoms with E-state index in [0.29, 0.717) is 18.1 Å². The van der Waals surface area contributed by atoms with E-state index in [4.69, 9.17) is 10.3 Å². The van der Waals surface area contributed by atoms with Crippen LogP contribution in [0.1, 0.15) is 48.9 Å².